The predicted molar refractivity (Wildman–Crippen MR) is 85.3 cm³/mol. The van der Waals surface area contributed by atoms with Gasteiger partial charge in [-0.15, -0.1) is 0 Å². The van der Waals surface area contributed by atoms with E-state index in [1.54, 1.807) is 31.2 Å². The van der Waals surface area contributed by atoms with Crippen LogP contribution in [0.4, 0.5) is 5.82 Å². The van der Waals surface area contributed by atoms with Gasteiger partial charge in [0.2, 0.25) is 5.88 Å². The van der Waals surface area contributed by atoms with E-state index in [0.717, 1.165) is 0 Å². The van der Waals surface area contributed by atoms with Gasteiger partial charge in [0.05, 0.1) is 18.2 Å². The van der Waals surface area contributed by atoms with Crippen LogP contribution < -0.4 is 10.5 Å². The van der Waals surface area contributed by atoms with Gasteiger partial charge in [0.25, 0.3) is 0 Å². The molecule has 0 radical (unpaired) electrons. The minimum absolute atomic E-state index is 0.136. The van der Waals surface area contributed by atoms with Gasteiger partial charge in [-0.1, -0.05) is 19.1 Å². The van der Waals surface area contributed by atoms with Gasteiger partial charge < -0.3 is 20.7 Å². The quantitative estimate of drug-likeness (QED) is 0.723. The van der Waals surface area contributed by atoms with Crippen LogP contribution in [0.2, 0.25) is 0 Å². The summed E-state index contributed by atoms with van der Waals surface area (Å²) in [5, 5.41) is 27.5. The molecule has 2 aromatic rings. The van der Waals surface area contributed by atoms with Crippen LogP contribution in [0.1, 0.15) is 29.3 Å². The first-order chi connectivity index (χ1) is 11.5. The first-order valence-electron chi connectivity index (χ1n) is 7.19. The number of aromatic carboxylic acids is 1. The molecule has 0 saturated heterocycles. The number of aliphatic hydroxyl groups is 1. The maximum absolute atomic E-state index is 11.4. The number of carbonyl (C=O) groups is 1. The number of nitrogens with two attached hydrogens (primary N) is 1. The van der Waals surface area contributed by atoms with Crippen molar-refractivity contribution in [3.8, 4) is 23.3 Å². The Labute approximate surface area is 138 Å². The zero-order chi connectivity index (χ0) is 17.7. The highest BCUT2D eigenvalue weighted by Gasteiger charge is 2.23. The summed E-state index contributed by atoms with van der Waals surface area (Å²) in [6, 6.07) is 8.50. The number of aromatic nitrogens is 2. The molecule has 0 saturated carbocycles. The molecule has 0 aliphatic rings. The minimum atomic E-state index is -1.33. The first-order valence-corrected chi connectivity index (χ1v) is 7.19. The van der Waals surface area contributed by atoms with Gasteiger partial charge in [-0.25, -0.2) is 9.78 Å². The molecule has 124 valence electrons. The normalized spacial score (nSPS) is 11.5. The number of anilines is 1. The third-order valence-electron chi connectivity index (χ3n) is 3.30. The van der Waals surface area contributed by atoms with Crippen molar-refractivity contribution >= 4 is 11.8 Å². The van der Waals surface area contributed by atoms with E-state index < -0.39 is 12.1 Å². The van der Waals surface area contributed by atoms with Crippen molar-refractivity contribution in [2.24, 2.45) is 0 Å². The van der Waals surface area contributed by atoms with Gasteiger partial charge in [-0.05, 0) is 18.6 Å². The van der Waals surface area contributed by atoms with Crippen LogP contribution in [-0.2, 0) is 0 Å². The molecule has 24 heavy (non-hydrogen) atoms. The Balaban J connectivity index is 2.57. The molecule has 0 bridgehead atoms. The predicted octanol–water partition coefficient (Wildman–Crippen LogP) is 1.45. The van der Waals surface area contributed by atoms with E-state index in [1.165, 1.54) is 0 Å². The van der Waals surface area contributed by atoms with E-state index in [-0.39, 0.29) is 29.7 Å². The van der Waals surface area contributed by atoms with Crippen LogP contribution >= 0.6 is 0 Å². The molecule has 8 heteroatoms. The zero-order valence-corrected chi connectivity index (χ0v) is 12.9. The van der Waals surface area contributed by atoms with E-state index in [2.05, 4.69) is 9.97 Å². The molecule has 1 aromatic carbocycles. The third-order valence-corrected chi connectivity index (χ3v) is 3.30. The Hall–Kier alpha value is -3.18. The lowest BCUT2D eigenvalue weighted by Gasteiger charge is -2.17. The molecular formula is C16H16N4O4. The molecule has 8 nitrogen and oxygen atoms in total. The van der Waals surface area contributed by atoms with Crippen molar-refractivity contribution in [2.45, 2.75) is 19.4 Å². The fourth-order valence-corrected chi connectivity index (χ4v) is 2.01. The second-order valence-corrected chi connectivity index (χ2v) is 4.94. The summed E-state index contributed by atoms with van der Waals surface area (Å²) in [6.07, 6.45) is -0.158. The molecule has 0 aliphatic heterocycles. The number of hydrogen-bond donors (Lipinski definition) is 3. The number of benzene rings is 1. The van der Waals surface area contributed by atoms with Gasteiger partial charge in [0.15, 0.2) is 11.4 Å². The largest absolute Gasteiger partial charge is 0.477 e. The second kappa shape index (κ2) is 7.39. The average Bonchev–Trinajstić information content (AvgIpc) is 2.58. The van der Waals surface area contributed by atoms with Crippen molar-refractivity contribution in [2.75, 3.05) is 12.3 Å². The Morgan fingerprint density at radius 3 is 2.79 bits per heavy atom. The molecule has 0 aliphatic carbocycles. The van der Waals surface area contributed by atoms with Gasteiger partial charge in [0, 0.05) is 5.56 Å². The van der Waals surface area contributed by atoms with Crippen LogP contribution in [0.3, 0.4) is 0 Å². The van der Waals surface area contributed by atoms with Crippen LogP contribution in [0.25, 0.3) is 11.4 Å². The first kappa shape index (κ1) is 17.2. The number of hydrogen-bond acceptors (Lipinski definition) is 7. The highest BCUT2D eigenvalue weighted by Crippen LogP contribution is 2.27. The van der Waals surface area contributed by atoms with Crippen LogP contribution in [0.5, 0.6) is 5.88 Å². The summed E-state index contributed by atoms with van der Waals surface area (Å²) < 4.78 is 5.48. The summed E-state index contributed by atoms with van der Waals surface area (Å²) in [6.45, 7) is 1.49. The van der Waals surface area contributed by atoms with E-state index in [4.69, 9.17) is 15.7 Å². The standard InChI is InChI=1S/C16H16N4O4/c1-2-11(8-21)24-15-12(16(22)23)13(18)19-14(20-15)10-5-3-4-9(6-10)7-17/h3-6,11,21H,2,8H2,1H3,(H,22,23)(H2,18,19,20). The molecule has 2 rings (SSSR count). The number of nitrogen functional groups attached to an aromatic ring is 1. The summed E-state index contributed by atoms with van der Waals surface area (Å²) in [7, 11) is 0. The fourth-order valence-electron chi connectivity index (χ4n) is 2.01. The number of nitrogens with zero attached hydrogens (tertiary/aromatic N) is 3. The lowest BCUT2D eigenvalue weighted by atomic mass is 10.1. The van der Waals surface area contributed by atoms with Gasteiger partial charge in [-0.3, -0.25) is 0 Å². The number of nitriles is 1. The lowest BCUT2D eigenvalue weighted by molar-refractivity contribution is 0.0676. The third kappa shape index (κ3) is 3.59. The Morgan fingerprint density at radius 1 is 1.46 bits per heavy atom. The smallest absolute Gasteiger partial charge is 0.345 e. The van der Waals surface area contributed by atoms with Crippen LogP contribution in [-0.4, -0.2) is 38.9 Å². The lowest BCUT2D eigenvalue weighted by Crippen LogP contribution is -2.23. The van der Waals surface area contributed by atoms with Crippen molar-refractivity contribution in [1.82, 2.24) is 9.97 Å². The van der Waals surface area contributed by atoms with Gasteiger partial charge in [-0.2, -0.15) is 10.2 Å². The highest BCUT2D eigenvalue weighted by atomic mass is 16.5. The average molecular weight is 328 g/mol. The molecule has 4 N–H and O–H groups in total. The molecule has 1 atom stereocenters. The van der Waals surface area contributed by atoms with Gasteiger partial charge in [0.1, 0.15) is 11.9 Å². The Morgan fingerprint density at radius 2 is 2.21 bits per heavy atom. The molecule has 1 unspecified atom stereocenters. The Bertz CT molecular complexity index is 797. The van der Waals surface area contributed by atoms with E-state index in [0.29, 0.717) is 17.5 Å². The molecule has 0 amide bonds. The van der Waals surface area contributed by atoms with Gasteiger partial charge >= 0.3 is 5.97 Å². The van der Waals surface area contributed by atoms with Crippen molar-refractivity contribution in [3.05, 3.63) is 35.4 Å². The molecular weight excluding hydrogens is 312 g/mol. The van der Waals surface area contributed by atoms with E-state index >= 15 is 0 Å². The molecule has 1 heterocycles. The zero-order valence-electron chi connectivity index (χ0n) is 12.9. The van der Waals surface area contributed by atoms with E-state index in [9.17, 15) is 15.0 Å². The monoisotopic (exact) mass is 328 g/mol. The fraction of sp³-hybridized carbons (Fsp3) is 0.250. The van der Waals surface area contributed by atoms with Crippen LogP contribution in [0.15, 0.2) is 24.3 Å². The topological polar surface area (TPSA) is 142 Å². The van der Waals surface area contributed by atoms with Crippen LogP contribution in [0, 0.1) is 11.3 Å². The molecule has 1 aromatic heterocycles. The number of ether oxygens (including phenoxy) is 1. The highest BCUT2D eigenvalue weighted by molar-refractivity contribution is 5.95. The summed E-state index contributed by atoms with van der Waals surface area (Å²) in [5.41, 5.74) is 6.29. The number of carboxylic acid groups (broad SMARTS) is 1. The number of carboxylic acids is 1. The molecule has 0 fully saturated rings. The van der Waals surface area contributed by atoms with Crippen molar-refractivity contribution in [3.63, 3.8) is 0 Å². The van der Waals surface area contributed by atoms with Crippen molar-refractivity contribution in [1.29, 1.82) is 5.26 Å². The summed E-state index contributed by atoms with van der Waals surface area (Å²) in [5.74, 6) is -1.66. The number of aliphatic hydroxyl groups excluding tert-OH is 1. The summed E-state index contributed by atoms with van der Waals surface area (Å²) in [4.78, 5) is 19.5. The van der Waals surface area contributed by atoms with Crippen molar-refractivity contribution < 1.29 is 19.7 Å². The second-order valence-electron chi connectivity index (χ2n) is 4.94. The maximum atomic E-state index is 11.4. The van der Waals surface area contributed by atoms with E-state index in [1.807, 2.05) is 6.07 Å². The SMILES string of the molecule is CCC(CO)Oc1nc(-c2cccc(C#N)c2)nc(N)c1C(=O)O. The minimum Gasteiger partial charge on any atom is -0.477 e. The molecule has 0 spiro atoms. The number of rotatable bonds is 6. The Kier molecular flexibility index (Phi) is 5.29. The summed E-state index contributed by atoms with van der Waals surface area (Å²) >= 11 is 0. The maximum Gasteiger partial charge on any atom is 0.345 e.